The van der Waals surface area contributed by atoms with E-state index in [9.17, 15) is 0 Å². The van der Waals surface area contributed by atoms with Crippen molar-refractivity contribution in [2.24, 2.45) is 16.7 Å². The molecule has 1 nitrogen and oxygen atoms in total. The predicted molar refractivity (Wildman–Crippen MR) is 105 cm³/mol. The molecule has 1 aromatic rings. The first-order valence-corrected chi connectivity index (χ1v) is 9.64. The molecule has 2 bridgehead atoms. The molecule has 3 rings (SSSR count). The van der Waals surface area contributed by atoms with Crippen LogP contribution in [0.5, 0.6) is 0 Å². The van der Waals surface area contributed by atoms with Gasteiger partial charge >= 0.3 is 0 Å². The van der Waals surface area contributed by atoms with Gasteiger partial charge in [-0.1, -0.05) is 63.3 Å². The normalized spacial score (nSPS) is 32.1. The van der Waals surface area contributed by atoms with Crippen LogP contribution in [-0.4, -0.2) is 23.0 Å². The molecular formula is C23H35N. The molecular weight excluding hydrogens is 290 g/mol. The minimum atomic E-state index is 0.204. The second-order valence-corrected chi connectivity index (χ2v) is 9.76. The van der Waals surface area contributed by atoms with Gasteiger partial charge < -0.3 is 0 Å². The Morgan fingerprint density at radius 3 is 2.29 bits per heavy atom. The Morgan fingerprint density at radius 1 is 1.12 bits per heavy atom. The molecule has 2 aliphatic carbocycles. The van der Waals surface area contributed by atoms with E-state index in [1.54, 1.807) is 0 Å². The Hall–Kier alpha value is -1.08. The lowest BCUT2D eigenvalue weighted by atomic mass is 9.68. The number of fused-ring (bicyclic) bond motifs is 2. The van der Waals surface area contributed by atoms with Crippen LogP contribution in [0.1, 0.15) is 66.4 Å². The zero-order chi connectivity index (χ0) is 17.6. The number of hydrogen-bond donors (Lipinski definition) is 0. The number of rotatable bonds is 4. The Balaban J connectivity index is 1.80. The molecule has 0 aliphatic heterocycles. The highest BCUT2D eigenvalue weighted by molar-refractivity contribution is 5.48. The minimum absolute atomic E-state index is 0.204. The molecule has 3 unspecified atom stereocenters. The molecule has 0 aromatic heterocycles. The summed E-state index contributed by atoms with van der Waals surface area (Å²) in [6, 6.07) is 11.4. The van der Waals surface area contributed by atoms with Gasteiger partial charge in [0.25, 0.3) is 0 Å². The van der Waals surface area contributed by atoms with Crippen molar-refractivity contribution >= 4 is 6.08 Å². The van der Waals surface area contributed by atoms with Crippen molar-refractivity contribution in [1.82, 2.24) is 4.90 Å². The quantitative estimate of drug-likeness (QED) is 0.654. The molecule has 1 aromatic carbocycles. The van der Waals surface area contributed by atoms with E-state index in [0.29, 0.717) is 16.9 Å². The standard InChI is InChI=1S/C23H35N/c1-21(2,3)24(16-10-13-18-11-8-7-9-12-18)20-17-19-14-15-23(20,6)22(19,4)5/h7-13,19-20H,14-17H2,1-6H3/b13-10+. The largest absolute Gasteiger partial charge is 0.291 e. The van der Waals surface area contributed by atoms with E-state index in [1.165, 1.54) is 24.8 Å². The van der Waals surface area contributed by atoms with E-state index in [-0.39, 0.29) is 5.54 Å². The van der Waals surface area contributed by atoms with Crippen molar-refractivity contribution < 1.29 is 0 Å². The third-order valence-electron chi connectivity index (χ3n) is 7.40. The van der Waals surface area contributed by atoms with Gasteiger partial charge in [0, 0.05) is 18.1 Å². The number of nitrogens with zero attached hydrogens (tertiary/aromatic N) is 1. The van der Waals surface area contributed by atoms with Gasteiger partial charge in [0.2, 0.25) is 0 Å². The third kappa shape index (κ3) is 2.86. The first kappa shape index (κ1) is 17.7. The Kier molecular flexibility index (Phi) is 4.45. The van der Waals surface area contributed by atoms with Gasteiger partial charge in [-0.3, -0.25) is 4.90 Å². The van der Waals surface area contributed by atoms with Crippen molar-refractivity contribution in [2.75, 3.05) is 6.54 Å². The lowest BCUT2D eigenvalue weighted by Crippen LogP contribution is -2.54. The van der Waals surface area contributed by atoms with Crippen LogP contribution < -0.4 is 0 Å². The zero-order valence-corrected chi connectivity index (χ0v) is 16.5. The summed E-state index contributed by atoms with van der Waals surface area (Å²) in [5.74, 6) is 0.899. The fraction of sp³-hybridized carbons (Fsp3) is 0.652. The van der Waals surface area contributed by atoms with Crippen LogP contribution in [0, 0.1) is 16.7 Å². The summed E-state index contributed by atoms with van der Waals surface area (Å²) >= 11 is 0. The SMILES string of the molecule is CC(C)(C)N(C/C=C/c1ccccc1)C1CC2CCC1(C)C2(C)C. The maximum absolute atomic E-state index is 2.77. The molecule has 0 radical (unpaired) electrons. The molecule has 0 saturated heterocycles. The lowest BCUT2D eigenvalue weighted by molar-refractivity contribution is -0.000281. The van der Waals surface area contributed by atoms with Crippen molar-refractivity contribution in [3.8, 4) is 0 Å². The molecule has 1 heteroatoms. The van der Waals surface area contributed by atoms with Crippen molar-refractivity contribution in [3.63, 3.8) is 0 Å². The van der Waals surface area contributed by atoms with E-state index in [2.05, 4.69) is 88.9 Å². The summed E-state index contributed by atoms with van der Waals surface area (Å²) in [6.07, 6.45) is 8.84. The number of benzene rings is 1. The van der Waals surface area contributed by atoms with Crippen LogP contribution in [0.25, 0.3) is 6.08 Å². The van der Waals surface area contributed by atoms with E-state index in [1.807, 2.05) is 0 Å². The monoisotopic (exact) mass is 325 g/mol. The maximum Gasteiger partial charge on any atom is 0.0174 e. The highest BCUT2D eigenvalue weighted by Gasteiger charge is 2.63. The van der Waals surface area contributed by atoms with E-state index < -0.39 is 0 Å². The van der Waals surface area contributed by atoms with Gasteiger partial charge in [-0.15, -0.1) is 0 Å². The third-order valence-corrected chi connectivity index (χ3v) is 7.40. The molecule has 0 heterocycles. The van der Waals surface area contributed by atoms with Crippen molar-refractivity contribution in [2.45, 2.75) is 72.4 Å². The maximum atomic E-state index is 2.77. The Morgan fingerprint density at radius 2 is 1.79 bits per heavy atom. The first-order chi connectivity index (χ1) is 11.2. The van der Waals surface area contributed by atoms with Crippen molar-refractivity contribution in [3.05, 3.63) is 42.0 Å². The molecule has 132 valence electrons. The Labute approximate surface area is 149 Å². The fourth-order valence-electron chi connectivity index (χ4n) is 5.37. The van der Waals surface area contributed by atoms with Crippen LogP contribution >= 0.6 is 0 Å². The summed E-state index contributed by atoms with van der Waals surface area (Å²) in [7, 11) is 0. The predicted octanol–water partition coefficient (Wildman–Crippen LogP) is 6.02. The molecule has 0 N–H and O–H groups in total. The van der Waals surface area contributed by atoms with Gasteiger partial charge in [-0.05, 0) is 62.3 Å². The summed E-state index contributed by atoms with van der Waals surface area (Å²) in [5, 5.41) is 0. The second kappa shape index (κ2) is 6.02. The van der Waals surface area contributed by atoms with Crippen molar-refractivity contribution in [1.29, 1.82) is 0 Å². The highest BCUT2D eigenvalue weighted by atomic mass is 15.2. The van der Waals surface area contributed by atoms with Gasteiger partial charge in [0.05, 0.1) is 0 Å². The molecule has 24 heavy (non-hydrogen) atoms. The minimum Gasteiger partial charge on any atom is -0.291 e. The average molecular weight is 326 g/mol. The van der Waals surface area contributed by atoms with Gasteiger partial charge in [-0.25, -0.2) is 0 Å². The summed E-state index contributed by atoms with van der Waals surface area (Å²) in [4.78, 5) is 2.77. The lowest BCUT2D eigenvalue weighted by Gasteiger charge is -2.49. The van der Waals surface area contributed by atoms with Crippen LogP contribution in [0.15, 0.2) is 36.4 Å². The van der Waals surface area contributed by atoms with E-state index >= 15 is 0 Å². The van der Waals surface area contributed by atoms with Crippen LogP contribution in [0.3, 0.4) is 0 Å². The van der Waals surface area contributed by atoms with Gasteiger partial charge in [0.15, 0.2) is 0 Å². The van der Waals surface area contributed by atoms with Gasteiger partial charge in [0.1, 0.15) is 0 Å². The molecule has 0 spiro atoms. The topological polar surface area (TPSA) is 3.24 Å². The molecule has 0 amide bonds. The molecule has 2 aliphatic rings. The van der Waals surface area contributed by atoms with Gasteiger partial charge in [-0.2, -0.15) is 0 Å². The van der Waals surface area contributed by atoms with E-state index in [4.69, 9.17) is 0 Å². The number of hydrogen-bond acceptors (Lipinski definition) is 1. The smallest absolute Gasteiger partial charge is 0.0174 e. The van der Waals surface area contributed by atoms with E-state index in [0.717, 1.165) is 12.5 Å². The summed E-state index contributed by atoms with van der Waals surface area (Å²) in [6.45, 7) is 15.8. The highest BCUT2D eigenvalue weighted by Crippen LogP contribution is 2.67. The fourth-order valence-corrected chi connectivity index (χ4v) is 5.37. The molecule has 2 saturated carbocycles. The zero-order valence-electron chi connectivity index (χ0n) is 16.5. The molecule has 2 fully saturated rings. The Bertz CT molecular complexity index is 592. The first-order valence-electron chi connectivity index (χ1n) is 9.64. The van der Waals surface area contributed by atoms with Crippen LogP contribution in [0.2, 0.25) is 0 Å². The van der Waals surface area contributed by atoms with Crippen LogP contribution in [-0.2, 0) is 0 Å². The summed E-state index contributed by atoms with van der Waals surface area (Å²) < 4.78 is 0. The summed E-state index contributed by atoms with van der Waals surface area (Å²) in [5.41, 5.74) is 2.43. The average Bonchev–Trinajstić information content (AvgIpc) is 2.84. The molecule has 3 atom stereocenters. The second-order valence-electron chi connectivity index (χ2n) is 9.76. The van der Waals surface area contributed by atoms with Crippen LogP contribution in [0.4, 0.5) is 0 Å².